The summed E-state index contributed by atoms with van der Waals surface area (Å²) in [6.45, 7) is 7.75. The third kappa shape index (κ3) is 3.59. The molecule has 4 rings (SSSR count). The molecule has 29 heavy (non-hydrogen) atoms. The number of nitrogens with zero attached hydrogens (tertiary/aromatic N) is 2. The summed E-state index contributed by atoms with van der Waals surface area (Å²) >= 11 is 0. The molecule has 2 N–H and O–H groups in total. The molecule has 1 aromatic heterocycles. The van der Waals surface area contributed by atoms with Gasteiger partial charge in [-0.25, -0.2) is 9.78 Å². The summed E-state index contributed by atoms with van der Waals surface area (Å²) in [4.78, 5) is 43.5. The van der Waals surface area contributed by atoms with E-state index in [-0.39, 0.29) is 17.9 Å². The van der Waals surface area contributed by atoms with Crippen molar-refractivity contribution >= 4 is 34.6 Å². The molecule has 0 bridgehead atoms. The first kappa shape index (κ1) is 19.4. The highest BCUT2D eigenvalue weighted by Gasteiger charge is 2.56. The van der Waals surface area contributed by atoms with Crippen LogP contribution in [-0.4, -0.2) is 39.8 Å². The molecule has 1 saturated carbocycles. The summed E-state index contributed by atoms with van der Waals surface area (Å²) in [5, 5.41) is 5.62. The van der Waals surface area contributed by atoms with Gasteiger partial charge in [-0.3, -0.25) is 14.5 Å². The maximum atomic E-state index is 13.1. The number of urea groups is 1. The molecule has 2 aliphatic rings. The highest BCUT2D eigenvalue weighted by Crippen LogP contribution is 2.46. The van der Waals surface area contributed by atoms with E-state index in [0.717, 1.165) is 11.3 Å². The van der Waals surface area contributed by atoms with Crippen LogP contribution in [0.3, 0.4) is 0 Å². The van der Waals surface area contributed by atoms with E-state index in [2.05, 4.69) is 36.4 Å². The van der Waals surface area contributed by atoms with E-state index >= 15 is 0 Å². The average Bonchev–Trinajstić information content (AvgIpc) is 3.04. The Kier molecular flexibility index (Phi) is 4.40. The maximum Gasteiger partial charge on any atom is 0.325 e. The van der Waals surface area contributed by atoms with Crippen molar-refractivity contribution in [3.8, 4) is 0 Å². The highest BCUT2D eigenvalue weighted by atomic mass is 16.3. The van der Waals surface area contributed by atoms with Crippen LogP contribution in [0, 0.1) is 18.3 Å². The van der Waals surface area contributed by atoms with Gasteiger partial charge in [0.05, 0.1) is 0 Å². The number of nitrogens with one attached hydrogen (secondary N) is 2. The monoisotopic (exact) mass is 398 g/mol. The van der Waals surface area contributed by atoms with Gasteiger partial charge >= 0.3 is 6.03 Å². The topological polar surface area (TPSA) is 105 Å². The van der Waals surface area contributed by atoms with Gasteiger partial charge in [-0.05, 0) is 48.8 Å². The number of anilines is 1. The molecule has 8 heteroatoms. The van der Waals surface area contributed by atoms with Crippen LogP contribution < -0.4 is 10.6 Å². The zero-order chi connectivity index (χ0) is 21.0. The Morgan fingerprint density at radius 1 is 1.34 bits per heavy atom. The van der Waals surface area contributed by atoms with E-state index in [1.807, 2.05) is 0 Å². The molecule has 1 aromatic carbocycles. The summed E-state index contributed by atoms with van der Waals surface area (Å²) in [5.41, 5.74) is 0.836. The van der Waals surface area contributed by atoms with Gasteiger partial charge < -0.3 is 15.1 Å². The Hall–Kier alpha value is -2.90. The highest BCUT2D eigenvalue weighted by molar-refractivity contribution is 6.10. The van der Waals surface area contributed by atoms with Crippen LogP contribution in [0.15, 0.2) is 22.6 Å². The van der Waals surface area contributed by atoms with E-state index in [0.29, 0.717) is 41.4 Å². The molecule has 0 radical (unpaired) electrons. The maximum absolute atomic E-state index is 13.1. The number of rotatable bonds is 3. The molecule has 2 fully saturated rings. The van der Waals surface area contributed by atoms with Crippen LogP contribution in [0.1, 0.15) is 45.9 Å². The second-order valence-electron chi connectivity index (χ2n) is 9.22. The number of benzene rings is 1. The van der Waals surface area contributed by atoms with Gasteiger partial charge in [-0.15, -0.1) is 0 Å². The lowest BCUT2D eigenvalue weighted by molar-refractivity contribution is -0.136. The Morgan fingerprint density at radius 2 is 2.10 bits per heavy atom. The number of oxazole rings is 1. The minimum Gasteiger partial charge on any atom is -0.441 e. The van der Waals surface area contributed by atoms with E-state index < -0.39 is 17.5 Å². The molecular formula is C21H26N4O4. The van der Waals surface area contributed by atoms with Gasteiger partial charge in [-0.1, -0.05) is 20.8 Å². The van der Waals surface area contributed by atoms with Gasteiger partial charge in [0.15, 0.2) is 11.5 Å². The first-order chi connectivity index (χ1) is 13.6. The molecule has 4 amide bonds. The van der Waals surface area contributed by atoms with Gasteiger partial charge in [0.25, 0.3) is 5.91 Å². The smallest absolute Gasteiger partial charge is 0.325 e. The van der Waals surface area contributed by atoms with Crippen LogP contribution in [-0.2, 0) is 9.59 Å². The third-order valence-electron chi connectivity index (χ3n) is 5.70. The molecule has 154 valence electrons. The first-order valence-electron chi connectivity index (χ1n) is 9.88. The fourth-order valence-electron chi connectivity index (χ4n) is 5.11. The van der Waals surface area contributed by atoms with E-state index in [1.165, 1.54) is 0 Å². The lowest BCUT2D eigenvalue weighted by atomic mass is 9.64. The summed E-state index contributed by atoms with van der Waals surface area (Å²) in [6.07, 6.45) is 2.18. The molecule has 2 aromatic rings. The van der Waals surface area contributed by atoms with Crippen molar-refractivity contribution in [2.75, 3.05) is 11.9 Å². The number of hydrogen-bond acceptors (Lipinski definition) is 5. The number of imide groups is 1. The van der Waals surface area contributed by atoms with E-state index in [9.17, 15) is 14.4 Å². The van der Waals surface area contributed by atoms with Crippen molar-refractivity contribution in [1.29, 1.82) is 0 Å². The summed E-state index contributed by atoms with van der Waals surface area (Å²) < 4.78 is 5.42. The second kappa shape index (κ2) is 6.57. The van der Waals surface area contributed by atoms with Crippen LogP contribution in [0.25, 0.3) is 11.1 Å². The van der Waals surface area contributed by atoms with Crippen molar-refractivity contribution in [3.63, 3.8) is 0 Å². The molecule has 1 spiro atoms. The van der Waals surface area contributed by atoms with Gasteiger partial charge in [0, 0.05) is 12.6 Å². The van der Waals surface area contributed by atoms with Crippen molar-refractivity contribution in [2.24, 2.45) is 11.3 Å². The van der Waals surface area contributed by atoms with Gasteiger partial charge in [0.1, 0.15) is 17.6 Å². The molecular weight excluding hydrogens is 372 g/mol. The quantitative estimate of drug-likeness (QED) is 0.773. The Balaban J connectivity index is 1.47. The van der Waals surface area contributed by atoms with Gasteiger partial charge in [0.2, 0.25) is 5.91 Å². The van der Waals surface area contributed by atoms with Crippen molar-refractivity contribution < 1.29 is 18.8 Å². The minimum atomic E-state index is -0.907. The number of aryl methyl sites for hydroxylation is 1. The summed E-state index contributed by atoms with van der Waals surface area (Å²) in [6, 6.07) is 4.61. The molecule has 0 unspecified atom stereocenters. The normalized spacial score (nSPS) is 26.2. The molecule has 2 atom stereocenters. The average molecular weight is 398 g/mol. The molecule has 1 aliphatic carbocycles. The zero-order valence-corrected chi connectivity index (χ0v) is 17.2. The lowest BCUT2D eigenvalue weighted by Gasteiger charge is -2.43. The standard InChI is InChI=1S/C21H26N4O4/c1-12-8-20(3,4)11-21(9-12)18(27)25(19(28)24-21)10-17(26)23-14-5-6-16-15(7-14)22-13(2)29-16/h5-7,12H,8-11H2,1-4H3,(H,23,26)(H,24,28)/t12-,21-/m1/s1. The zero-order valence-electron chi connectivity index (χ0n) is 17.2. The number of carbonyl (C=O) groups is 3. The van der Waals surface area contributed by atoms with E-state index in [1.54, 1.807) is 25.1 Å². The number of amides is 4. The number of aromatic nitrogens is 1. The van der Waals surface area contributed by atoms with Crippen molar-refractivity contribution in [2.45, 2.75) is 52.5 Å². The second-order valence-corrected chi connectivity index (χ2v) is 9.22. The molecule has 1 aliphatic heterocycles. The molecule has 8 nitrogen and oxygen atoms in total. The fourth-order valence-corrected chi connectivity index (χ4v) is 5.11. The van der Waals surface area contributed by atoms with Crippen LogP contribution in [0.5, 0.6) is 0 Å². The van der Waals surface area contributed by atoms with Crippen LogP contribution >= 0.6 is 0 Å². The van der Waals surface area contributed by atoms with Gasteiger partial charge in [-0.2, -0.15) is 0 Å². The Morgan fingerprint density at radius 3 is 2.83 bits per heavy atom. The SMILES string of the molecule is Cc1nc2cc(NC(=O)CN3C(=O)N[C@@]4(C[C@H](C)CC(C)(C)C4)C3=O)ccc2o1. The predicted molar refractivity (Wildman–Crippen MR) is 107 cm³/mol. The first-order valence-corrected chi connectivity index (χ1v) is 9.88. The minimum absolute atomic E-state index is 0.0516. The largest absolute Gasteiger partial charge is 0.441 e. The van der Waals surface area contributed by atoms with Crippen LogP contribution in [0.4, 0.5) is 10.5 Å². The molecule has 1 saturated heterocycles. The number of carbonyl (C=O) groups excluding carboxylic acids is 3. The Labute approximate surface area is 169 Å². The van der Waals surface area contributed by atoms with Crippen LogP contribution in [0.2, 0.25) is 0 Å². The Bertz CT molecular complexity index is 1010. The molecule has 2 heterocycles. The van der Waals surface area contributed by atoms with E-state index in [4.69, 9.17) is 4.42 Å². The number of hydrogen-bond donors (Lipinski definition) is 2. The lowest BCUT2D eigenvalue weighted by Crippen LogP contribution is -2.54. The number of fused-ring (bicyclic) bond motifs is 1. The predicted octanol–water partition coefficient (Wildman–Crippen LogP) is 3.21. The van der Waals surface area contributed by atoms with Crippen molar-refractivity contribution in [1.82, 2.24) is 15.2 Å². The summed E-state index contributed by atoms with van der Waals surface area (Å²) in [5.74, 6) is 0.111. The fraction of sp³-hybridized carbons (Fsp3) is 0.524. The third-order valence-corrected chi connectivity index (χ3v) is 5.70. The van der Waals surface area contributed by atoms with Crippen molar-refractivity contribution in [3.05, 3.63) is 24.1 Å². The summed E-state index contributed by atoms with van der Waals surface area (Å²) in [7, 11) is 0.